The standard InChI is InChI=1S/C20H27NO4/c1-2-3-9-23-19-11-16(6-7-18(19)24-13-15-4-5-15)17-12-20(25-21-17)8-10-22-14-20/h6-7,11-12,15,21H,2-5,8-10,13-14H2,1H3. The van der Waals surface area contributed by atoms with E-state index in [2.05, 4.69) is 30.6 Å². The molecule has 1 atom stereocenters. The van der Waals surface area contributed by atoms with Gasteiger partial charge in [-0.1, -0.05) is 13.3 Å². The van der Waals surface area contributed by atoms with Gasteiger partial charge in [0.05, 0.1) is 25.5 Å². The molecule has 1 aliphatic carbocycles. The van der Waals surface area contributed by atoms with Crippen LogP contribution in [-0.2, 0) is 9.57 Å². The largest absolute Gasteiger partial charge is 0.490 e. The molecule has 5 nitrogen and oxygen atoms in total. The van der Waals surface area contributed by atoms with Crippen LogP contribution >= 0.6 is 0 Å². The second kappa shape index (κ2) is 7.26. The van der Waals surface area contributed by atoms with Crippen LogP contribution in [0.15, 0.2) is 24.3 Å². The zero-order chi connectivity index (χ0) is 17.1. The first-order valence-electron chi connectivity index (χ1n) is 9.43. The zero-order valence-electron chi connectivity index (χ0n) is 14.9. The third-order valence-corrected chi connectivity index (χ3v) is 4.97. The summed E-state index contributed by atoms with van der Waals surface area (Å²) in [6.45, 7) is 5.00. The number of rotatable bonds is 8. The summed E-state index contributed by atoms with van der Waals surface area (Å²) >= 11 is 0. The Morgan fingerprint density at radius 3 is 2.92 bits per heavy atom. The first kappa shape index (κ1) is 16.7. The minimum atomic E-state index is -0.320. The smallest absolute Gasteiger partial charge is 0.161 e. The average Bonchev–Trinajstić information content (AvgIpc) is 3.20. The van der Waals surface area contributed by atoms with E-state index < -0.39 is 0 Å². The number of nitrogens with one attached hydrogen (secondary N) is 1. The van der Waals surface area contributed by atoms with E-state index in [4.69, 9.17) is 19.0 Å². The summed E-state index contributed by atoms with van der Waals surface area (Å²) in [5.74, 6) is 2.38. The lowest BCUT2D eigenvalue weighted by Crippen LogP contribution is -2.29. The highest BCUT2D eigenvalue weighted by Gasteiger charge is 2.39. The maximum Gasteiger partial charge on any atom is 0.161 e. The van der Waals surface area contributed by atoms with Crippen LogP contribution in [0.2, 0.25) is 0 Å². The van der Waals surface area contributed by atoms with Gasteiger partial charge in [-0.25, -0.2) is 0 Å². The van der Waals surface area contributed by atoms with Gasteiger partial charge >= 0.3 is 0 Å². The van der Waals surface area contributed by atoms with Crippen molar-refractivity contribution in [2.24, 2.45) is 5.92 Å². The van der Waals surface area contributed by atoms with Crippen LogP contribution in [0.25, 0.3) is 5.70 Å². The number of ether oxygens (including phenoxy) is 3. The maximum atomic E-state index is 6.00. The fourth-order valence-corrected chi connectivity index (χ4v) is 3.10. The Labute approximate surface area is 149 Å². The van der Waals surface area contributed by atoms with Crippen LogP contribution in [0.4, 0.5) is 0 Å². The summed E-state index contributed by atoms with van der Waals surface area (Å²) in [6.07, 6.45) is 7.73. The molecular formula is C20H27NO4. The third kappa shape index (κ3) is 3.93. The molecule has 136 valence electrons. The summed E-state index contributed by atoms with van der Waals surface area (Å²) in [5, 5.41) is 0. The lowest BCUT2D eigenvalue weighted by Gasteiger charge is -2.15. The van der Waals surface area contributed by atoms with Crippen LogP contribution < -0.4 is 15.0 Å². The molecule has 2 aliphatic heterocycles. The molecular weight excluding hydrogens is 318 g/mol. The summed E-state index contributed by atoms with van der Waals surface area (Å²) in [4.78, 5) is 5.78. The predicted octanol–water partition coefficient (Wildman–Crippen LogP) is 3.69. The number of hydrogen-bond donors (Lipinski definition) is 1. The topological polar surface area (TPSA) is 49.0 Å². The minimum absolute atomic E-state index is 0.320. The van der Waals surface area contributed by atoms with Crippen molar-refractivity contribution in [3.05, 3.63) is 29.8 Å². The highest BCUT2D eigenvalue weighted by atomic mass is 16.7. The summed E-state index contributed by atoms with van der Waals surface area (Å²) in [5.41, 5.74) is 4.77. The molecule has 1 unspecified atom stereocenters. The van der Waals surface area contributed by atoms with Crippen molar-refractivity contribution in [3.8, 4) is 11.5 Å². The summed E-state index contributed by atoms with van der Waals surface area (Å²) < 4.78 is 17.5. The minimum Gasteiger partial charge on any atom is -0.490 e. The molecule has 0 radical (unpaired) electrons. The van der Waals surface area contributed by atoms with Crippen LogP contribution in [0, 0.1) is 5.92 Å². The van der Waals surface area contributed by atoms with Crippen molar-refractivity contribution >= 4 is 5.70 Å². The first-order chi connectivity index (χ1) is 12.3. The molecule has 1 aromatic rings. The number of hydrogen-bond acceptors (Lipinski definition) is 5. The van der Waals surface area contributed by atoms with Crippen LogP contribution in [-0.4, -0.2) is 32.0 Å². The molecule has 0 amide bonds. The molecule has 1 saturated carbocycles. The van der Waals surface area contributed by atoms with Gasteiger partial charge in [-0.05, 0) is 49.5 Å². The van der Waals surface area contributed by atoms with E-state index in [1.165, 1.54) is 12.8 Å². The van der Waals surface area contributed by atoms with Crippen LogP contribution in [0.5, 0.6) is 11.5 Å². The number of unbranched alkanes of at least 4 members (excludes halogenated alkanes) is 1. The molecule has 1 saturated heterocycles. The van der Waals surface area contributed by atoms with Gasteiger partial charge in [0, 0.05) is 18.6 Å². The van der Waals surface area contributed by atoms with E-state index in [1.807, 2.05) is 6.07 Å². The second-order valence-electron chi connectivity index (χ2n) is 7.25. The third-order valence-electron chi connectivity index (χ3n) is 4.97. The molecule has 2 heterocycles. The van der Waals surface area contributed by atoms with Crippen molar-refractivity contribution in [1.29, 1.82) is 0 Å². The van der Waals surface area contributed by atoms with Crippen molar-refractivity contribution in [3.63, 3.8) is 0 Å². The van der Waals surface area contributed by atoms with E-state index in [0.717, 1.165) is 61.2 Å². The molecule has 1 aromatic carbocycles. The van der Waals surface area contributed by atoms with Gasteiger partial charge in [0.1, 0.15) is 5.60 Å². The lowest BCUT2D eigenvalue weighted by atomic mass is 10.0. The monoisotopic (exact) mass is 345 g/mol. The Morgan fingerprint density at radius 2 is 2.16 bits per heavy atom. The van der Waals surface area contributed by atoms with E-state index in [0.29, 0.717) is 13.2 Å². The molecule has 5 heteroatoms. The van der Waals surface area contributed by atoms with Gasteiger partial charge in [0.15, 0.2) is 11.5 Å². The fourth-order valence-electron chi connectivity index (χ4n) is 3.10. The van der Waals surface area contributed by atoms with Gasteiger partial charge in [-0.3, -0.25) is 10.3 Å². The normalized spacial score (nSPS) is 25.1. The van der Waals surface area contributed by atoms with Crippen molar-refractivity contribution in [1.82, 2.24) is 5.48 Å². The Balaban J connectivity index is 1.52. The van der Waals surface area contributed by atoms with E-state index in [-0.39, 0.29) is 5.60 Å². The predicted molar refractivity (Wildman–Crippen MR) is 95.4 cm³/mol. The maximum absolute atomic E-state index is 6.00. The first-order valence-corrected chi connectivity index (χ1v) is 9.43. The molecule has 3 aliphatic rings. The zero-order valence-corrected chi connectivity index (χ0v) is 14.9. The summed E-state index contributed by atoms with van der Waals surface area (Å²) in [7, 11) is 0. The Kier molecular flexibility index (Phi) is 4.86. The quantitative estimate of drug-likeness (QED) is 0.728. The second-order valence-corrected chi connectivity index (χ2v) is 7.25. The molecule has 4 rings (SSSR count). The Hall–Kier alpha value is -1.72. The van der Waals surface area contributed by atoms with Gasteiger partial charge in [-0.2, -0.15) is 0 Å². The Bertz CT molecular complexity index is 633. The highest BCUT2D eigenvalue weighted by molar-refractivity contribution is 5.68. The average molecular weight is 345 g/mol. The fraction of sp³-hybridized carbons (Fsp3) is 0.600. The van der Waals surface area contributed by atoms with Crippen molar-refractivity contribution in [2.45, 2.75) is 44.6 Å². The Morgan fingerprint density at radius 1 is 1.24 bits per heavy atom. The molecule has 1 N–H and O–H groups in total. The van der Waals surface area contributed by atoms with Gasteiger partial charge in [0.25, 0.3) is 0 Å². The van der Waals surface area contributed by atoms with E-state index in [9.17, 15) is 0 Å². The van der Waals surface area contributed by atoms with Gasteiger partial charge in [0.2, 0.25) is 0 Å². The highest BCUT2D eigenvalue weighted by Crippen LogP contribution is 2.37. The molecule has 2 fully saturated rings. The molecule has 0 bridgehead atoms. The number of benzene rings is 1. The molecule has 25 heavy (non-hydrogen) atoms. The molecule has 0 aromatic heterocycles. The summed E-state index contributed by atoms with van der Waals surface area (Å²) in [6, 6.07) is 6.12. The van der Waals surface area contributed by atoms with Gasteiger partial charge < -0.3 is 14.2 Å². The van der Waals surface area contributed by atoms with Crippen molar-refractivity contribution < 1.29 is 19.0 Å². The van der Waals surface area contributed by atoms with E-state index in [1.54, 1.807) is 0 Å². The van der Waals surface area contributed by atoms with Gasteiger partial charge in [-0.15, -0.1) is 0 Å². The SMILES string of the molecule is CCCCOc1cc(C2=CC3(CCOC3)ON2)ccc1OCC1CC1. The van der Waals surface area contributed by atoms with Crippen molar-refractivity contribution in [2.75, 3.05) is 26.4 Å². The molecule has 1 spiro atoms. The van der Waals surface area contributed by atoms with Crippen LogP contribution in [0.1, 0.15) is 44.6 Å². The van der Waals surface area contributed by atoms with E-state index >= 15 is 0 Å². The lowest BCUT2D eigenvalue weighted by molar-refractivity contribution is -0.0373. The van der Waals surface area contributed by atoms with Crippen LogP contribution in [0.3, 0.4) is 0 Å². The number of hydroxylamine groups is 1.